The van der Waals surface area contributed by atoms with Crippen LogP contribution in [0.3, 0.4) is 0 Å². The van der Waals surface area contributed by atoms with Crippen molar-refractivity contribution in [3.8, 4) is 6.07 Å². The Bertz CT molecular complexity index is 932. The highest BCUT2D eigenvalue weighted by Crippen LogP contribution is 2.18. The standard InChI is InChI=1S/C20H17N5O/c1-14(15-7-3-2-4-8-15)24-20(26)18-12-23-19(13-22-18)25-17-10-6-5-9-16(17)11-21/h2-10,12-14H,1H3,(H,23,25)(H,24,26). The number of carbonyl (C=O) groups excluding carboxylic acids is 1. The summed E-state index contributed by atoms with van der Waals surface area (Å²) in [7, 11) is 0. The van der Waals surface area contributed by atoms with Gasteiger partial charge in [0, 0.05) is 0 Å². The zero-order valence-electron chi connectivity index (χ0n) is 14.2. The lowest BCUT2D eigenvalue weighted by molar-refractivity contribution is 0.0934. The number of aromatic nitrogens is 2. The summed E-state index contributed by atoms with van der Waals surface area (Å²) in [5, 5.41) is 15.0. The van der Waals surface area contributed by atoms with E-state index < -0.39 is 0 Å². The molecule has 0 saturated heterocycles. The number of nitrogens with one attached hydrogen (secondary N) is 2. The van der Waals surface area contributed by atoms with Crippen LogP contribution in [-0.2, 0) is 0 Å². The zero-order chi connectivity index (χ0) is 18.4. The maximum absolute atomic E-state index is 12.3. The van der Waals surface area contributed by atoms with E-state index in [0.717, 1.165) is 5.56 Å². The van der Waals surface area contributed by atoms with Crippen LogP contribution in [0.25, 0.3) is 0 Å². The van der Waals surface area contributed by atoms with E-state index in [0.29, 0.717) is 17.1 Å². The van der Waals surface area contributed by atoms with Gasteiger partial charge in [-0.25, -0.2) is 9.97 Å². The fourth-order valence-corrected chi connectivity index (χ4v) is 2.43. The molecular formula is C20H17N5O. The highest BCUT2D eigenvalue weighted by Gasteiger charge is 2.13. The average Bonchev–Trinajstić information content (AvgIpc) is 2.69. The minimum absolute atomic E-state index is 0.134. The largest absolute Gasteiger partial charge is 0.344 e. The first-order chi connectivity index (χ1) is 12.7. The van der Waals surface area contributed by atoms with E-state index in [1.165, 1.54) is 12.4 Å². The molecule has 0 radical (unpaired) electrons. The van der Waals surface area contributed by atoms with E-state index >= 15 is 0 Å². The van der Waals surface area contributed by atoms with Crippen molar-refractivity contribution in [2.24, 2.45) is 0 Å². The van der Waals surface area contributed by atoms with Gasteiger partial charge in [-0.1, -0.05) is 42.5 Å². The molecular weight excluding hydrogens is 326 g/mol. The molecule has 1 amide bonds. The van der Waals surface area contributed by atoms with Crippen LogP contribution in [0, 0.1) is 11.3 Å². The Kier molecular flexibility index (Phi) is 5.20. The molecule has 3 rings (SSSR count). The van der Waals surface area contributed by atoms with Crippen LogP contribution in [0.1, 0.15) is 34.6 Å². The van der Waals surface area contributed by atoms with Gasteiger partial charge in [0.15, 0.2) is 0 Å². The predicted molar refractivity (Wildman–Crippen MR) is 98.8 cm³/mol. The first-order valence-corrected chi connectivity index (χ1v) is 8.11. The third kappa shape index (κ3) is 4.02. The van der Waals surface area contributed by atoms with E-state index in [9.17, 15) is 4.79 Å². The molecule has 2 N–H and O–H groups in total. The highest BCUT2D eigenvalue weighted by molar-refractivity contribution is 5.92. The molecule has 6 heteroatoms. The number of nitrogens with zero attached hydrogens (tertiary/aromatic N) is 3. The van der Waals surface area contributed by atoms with Crippen LogP contribution in [0.2, 0.25) is 0 Å². The fourth-order valence-electron chi connectivity index (χ4n) is 2.43. The van der Waals surface area contributed by atoms with E-state index in [1.807, 2.05) is 43.3 Å². The van der Waals surface area contributed by atoms with Gasteiger partial charge in [0.05, 0.1) is 29.7 Å². The molecule has 26 heavy (non-hydrogen) atoms. The molecule has 0 bridgehead atoms. The van der Waals surface area contributed by atoms with Gasteiger partial charge in [0.25, 0.3) is 5.91 Å². The summed E-state index contributed by atoms with van der Waals surface area (Å²) < 4.78 is 0. The van der Waals surface area contributed by atoms with Gasteiger partial charge >= 0.3 is 0 Å². The van der Waals surface area contributed by atoms with Crippen LogP contribution >= 0.6 is 0 Å². The molecule has 1 heterocycles. The van der Waals surface area contributed by atoms with E-state index in [-0.39, 0.29) is 17.6 Å². The second-order valence-electron chi connectivity index (χ2n) is 5.68. The first kappa shape index (κ1) is 17.1. The van der Waals surface area contributed by atoms with Gasteiger partial charge in [-0.3, -0.25) is 4.79 Å². The number of para-hydroxylation sites is 1. The summed E-state index contributed by atoms with van der Waals surface area (Å²) >= 11 is 0. The van der Waals surface area contributed by atoms with Gasteiger partial charge < -0.3 is 10.6 Å². The molecule has 0 aliphatic heterocycles. The predicted octanol–water partition coefficient (Wildman–Crippen LogP) is 3.58. The van der Waals surface area contributed by atoms with E-state index in [2.05, 4.69) is 26.7 Å². The molecule has 3 aromatic rings. The van der Waals surface area contributed by atoms with Gasteiger partial charge in [-0.15, -0.1) is 0 Å². The minimum Gasteiger partial charge on any atom is -0.344 e. The Morgan fingerprint density at radius 2 is 1.77 bits per heavy atom. The molecule has 1 aromatic heterocycles. The molecule has 6 nitrogen and oxygen atoms in total. The van der Waals surface area contributed by atoms with Crippen molar-refractivity contribution in [3.63, 3.8) is 0 Å². The number of nitriles is 1. The quantitative estimate of drug-likeness (QED) is 0.739. The molecule has 0 fully saturated rings. The van der Waals surface area contributed by atoms with Crippen molar-refractivity contribution in [3.05, 3.63) is 83.8 Å². The molecule has 0 spiro atoms. The maximum atomic E-state index is 12.3. The van der Waals surface area contributed by atoms with Gasteiger partial charge in [-0.05, 0) is 24.6 Å². The topological polar surface area (TPSA) is 90.7 Å². The number of amides is 1. The summed E-state index contributed by atoms with van der Waals surface area (Å²) in [6.07, 6.45) is 2.88. The fraction of sp³-hybridized carbons (Fsp3) is 0.100. The van der Waals surface area contributed by atoms with Gasteiger partial charge in [0.1, 0.15) is 17.6 Å². The number of anilines is 2. The van der Waals surface area contributed by atoms with Crippen molar-refractivity contribution in [2.45, 2.75) is 13.0 Å². The molecule has 128 valence electrons. The molecule has 0 aliphatic rings. The minimum atomic E-state index is -0.294. The van der Waals surface area contributed by atoms with E-state index in [4.69, 9.17) is 5.26 Å². The van der Waals surface area contributed by atoms with Crippen molar-refractivity contribution in [2.75, 3.05) is 5.32 Å². The molecule has 1 unspecified atom stereocenters. The number of carbonyl (C=O) groups is 1. The Labute approximate surface area is 151 Å². The summed E-state index contributed by atoms with van der Waals surface area (Å²) in [5.41, 5.74) is 2.39. The number of hydrogen-bond donors (Lipinski definition) is 2. The zero-order valence-corrected chi connectivity index (χ0v) is 14.2. The summed E-state index contributed by atoms with van der Waals surface area (Å²) in [5.74, 6) is 0.165. The second-order valence-corrected chi connectivity index (χ2v) is 5.68. The van der Waals surface area contributed by atoms with Crippen LogP contribution in [-0.4, -0.2) is 15.9 Å². The van der Waals surface area contributed by atoms with Crippen LogP contribution in [0.4, 0.5) is 11.5 Å². The van der Waals surface area contributed by atoms with Gasteiger partial charge in [0.2, 0.25) is 0 Å². The first-order valence-electron chi connectivity index (χ1n) is 8.11. The Morgan fingerprint density at radius 1 is 1.04 bits per heavy atom. The van der Waals surface area contributed by atoms with Crippen molar-refractivity contribution >= 4 is 17.4 Å². The van der Waals surface area contributed by atoms with Gasteiger partial charge in [-0.2, -0.15) is 5.26 Å². The second kappa shape index (κ2) is 7.90. The number of hydrogen-bond acceptors (Lipinski definition) is 5. The number of benzene rings is 2. The monoisotopic (exact) mass is 343 g/mol. The van der Waals surface area contributed by atoms with Crippen molar-refractivity contribution in [1.29, 1.82) is 5.26 Å². The van der Waals surface area contributed by atoms with Crippen molar-refractivity contribution in [1.82, 2.24) is 15.3 Å². The smallest absolute Gasteiger partial charge is 0.271 e. The lowest BCUT2D eigenvalue weighted by atomic mass is 10.1. The van der Waals surface area contributed by atoms with Crippen LogP contribution < -0.4 is 10.6 Å². The summed E-state index contributed by atoms with van der Waals surface area (Å²) in [6.45, 7) is 1.91. The summed E-state index contributed by atoms with van der Waals surface area (Å²) in [6, 6.07) is 18.8. The highest BCUT2D eigenvalue weighted by atomic mass is 16.1. The summed E-state index contributed by atoms with van der Waals surface area (Å²) in [4.78, 5) is 20.7. The third-order valence-electron chi connectivity index (χ3n) is 3.84. The van der Waals surface area contributed by atoms with Crippen LogP contribution in [0.5, 0.6) is 0 Å². The third-order valence-corrected chi connectivity index (χ3v) is 3.84. The number of rotatable bonds is 5. The lowest BCUT2D eigenvalue weighted by Gasteiger charge is -2.14. The maximum Gasteiger partial charge on any atom is 0.271 e. The molecule has 0 aliphatic carbocycles. The Morgan fingerprint density at radius 3 is 2.46 bits per heavy atom. The normalized spacial score (nSPS) is 11.2. The van der Waals surface area contributed by atoms with E-state index in [1.54, 1.807) is 18.2 Å². The SMILES string of the molecule is CC(NC(=O)c1cnc(Nc2ccccc2C#N)cn1)c1ccccc1. The lowest BCUT2D eigenvalue weighted by Crippen LogP contribution is -2.27. The molecule has 0 saturated carbocycles. The molecule has 1 atom stereocenters. The molecule has 2 aromatic carbocycles. The average molecular weight is 343 g/mol. The van der Waals surface area contributed by atoms with Crippen LogP contribution in [0.15, 0.2) is 67.0 Å². The Hall–Kier alpha value is -3.72. The Balaban J connectivity index is 1.67. The van der Waals surface area contributed by atoms with Crippen molar-refractivity contribution < 1.29 is 4.79 Å².